The summed E-state index contributed by atoms with van der Waals surface area (Å²) in [5, 5.41) is 2.88. The smallest absolute Gasteiger partial charge is 0.248 e. The van der Waals surface area contributed by atoms with Gasteiger partial charge in [0.15, 0.2) is 0 Å². The summed E-state index contributed by atoms with van der Waals surface area (Å²) in [6.45, 7) is 4.87. The minimum absolute atomic E-state index is 0.137. The summed E-state index contributed by atoms with van der Waals surface area (Å²) in [5.74, 6) is -0.137. The molecule has 0 atom stereocenters. The number of nitrogens with one attached hydrogen (secondary N) is 1. The van der Waals surface area contributed by atoms with Gasteiger partial charge in [-0.05, 0) is 48.7 Å². The first-order chi connectivity index (χ1) is 12.1. The third-order valence-electron chi connectivity index (χ3n) is 3.99. The van der Waals surface area contributed by atoms with E-state index in [1.165, 1.54) is 5.56 Å². The Labute approximate surface area is 147 Å². The quantitative estimate of drug-likeness (QED) is 0.712. The van der Waals surface area contributed by atoms with Gasteiger partial charge in [0.1, 0.15) is 0 Å². The molecule has 0 unspecified atom stereocenters. The standard InChI is InChI=1S/C21H21N3O/c1-16-3-6-19(17(2)13-16)7-10-21(25)23-20-8-4-18(5-9-20)14-24-12-11-22-15-24/h3-13,15H,14H2,1-2H3,(H,23,25)/b10-7+. The van der Waals surface area contributed by atoms with Crippen molar-refractivity contribution in [2.75, 3.05) is 5.32 Å². The summed E-state index contributed by atoms with van der Waals surface area (Å²) in [6.07, 6.45) is 8.88. The first-order valence-electron chi connectivity index (χ1n) is 8.21. The molecule has 1 N–H and O–H groups in total. The van der Waals surface area contributed by atoms with Gasteiger partial charge in [-0.2, -0.15) is 0 Å². The molecule has 0 aliphatic carbocycles. The largest absolute Gasteiger partial charge is 0.333 e. The molecule has 4 nitrogen and oxygen atoms in total. The summed E-state index contributed by atoms with van der Waals surface area (Å²) in [5.41, 5.74) is 5.37. The molecular formula is C21H21N3O. The SMILES string of the molecule is Cc1ccc(/C=C/C(=O)Nc2ccc(Cn3ccnc3)cc2)c(C)c1. The molecule has 2 aromatic carbocycles. The number of imidazole rings is 1. The number of anilines is 1. The number of amides is 1. The monoisotopic (exact) mass is 331 g/mol. The van der Waals surface area contributed by atoms with Crippen molar-refractivity contribution in [3.05, 3.63) is 89.5 Å². The lowest BCUT2D eigenvalue weighted by molar-refractivity contribution is -0.111. The minimum atomic E-state index is -0.137. The zero-order chi connectivity index (χ0) is 17.6. The molecule has 0 aliphatic rings. The number of hydrogen-bond acceptors (Lipinski definition) is 2. The lowest BCUT2D eigenvalue weighted by atomic mass is 10.1. The number of aromatic nitrogens is 2. The minimum Gasteiger partial charge on any atom is -0.333 e. The van der Waals surface area contributed by atoms with Crippen molar-refractivity contribution >= 4 is 17.7 Å². The zero-order valence-electron chi connectivity index (χ0n) is 14.4. The van der Waals surface area contributed by atoms with Crippen LogP contribution in [0.1, 0.15) is 22.3 Å². The van der Waals surface area contributed by atoms with Crippen LogP contribution in [-0.2, 0) is 11.3 Å². The molecule has 0 saturated carbocycles. The highest BCUT2D eigenvalue weighted by Crippen LogP contribution is 2.13. The molecule has 0 radical (unpaired) electrons. The molecule has 0 aliphatic heterocycles. The van der Waals surface area contributed by atoms with E-state index >= 15 is 0 Å². The van der Waals surface area contributed by atoms with Crippen LogP contribution < -0.4 is 5.32 Å². The lowest BCUT2D eigenvalue weighted by Crippen LogP contribution is -2.07. The third-order valence-corrected chi connectivity index (χ3v) is 3.99. The molecule has 0 spiro atoms. The van der Waals surface area contributed by atoms with Gasteiger partial charge in [0.05, 0.1) is 6.33 Å². The van der Waals surface area contributed by atoms with Crippen LogP contribution in [0.5, 0.6) is 0 Å². The molecular weight excluding hydrogens is 310 g/mol. The van der Waals surface area contributed by atoms with Crippen molar-refractivity contribution in [1.29, 1.82) is 0 Å². The third kappa shape index (κ3) is 4.67. The van der Waals surface area contributed by atoms with Gasteiger partial charge < -0.3 is 9.88 Å². The number of benzene rings is 2. The molecule has 0 fully saturated rings. The van der Waals surface area contributed by atoms with E-state index in [4.69, 9.17) is 0 Å². The van der Waals surface area contributed by atoms with Crippen molar-refractivity contribution in [2.45, 2.75) is 20.4 Å². The molecule has 0 bridgehead atoms. The molecule has 0 saturated heterocycles. The molecule has 1 aromatic heterocycles. The van der Waals surface area contributed by atoms with Crippen LogP contribution in [0, 0.1) is 13.8 Å². The fraction of sp³-hybridized carbons (Fsp3) is 0.143. The fourth-order valence-electron chi connectivity index (χ4n) is 2.65. The second-order valence-electron chi connectivity index (χ2n) is 6.11. The van der Waals surface area contributed by atoms with Crippen LogP contribution in [0.4, 0.5) is 5.69 Å². The second kappa shape index (κ2) is 7.62. The average Bonchev–Trinajstić information content (AvgIpc) is 3.09. The highest BCUT2D eigenvalue weighted by atomic mass is 16.1. The summed E-state index contributed by atoms with van der Waals surface area (Å²) >= 11 is 0. The van der Waals surface area contributed by atoms with E-state index in [9.17, 15) is 4.79 Å². The van der Waals surface area contributed by atoms with Crippen molar-refractivity contribution in [3.8, 4) is 0 Å². The Balaban J connectivity index is 1.59. The lowest BCUT2D eigenvalue weighted by Gasteiger charge is -2.06. The van der Waals surface area contributed by atoms with E-state index in [2.05, 4.69) is 23.3 Å². The van der Waals surface area contributed by atoms with Crippen LogP contribution >= 0.6 is 0 Å². The van der Waals surface area contributed by atoms with Gasteiger partial charge in [-0.15, -0.1) is 0 Å². The van der Waals surface area contributed by atoms with Crippen LogP contribution in [0.3, 0.4) is 0 Å². The Morgan fingerprint density at radius 3 is 2.64 bits per heavy atom. The van der Waals surface area contributed by atoms with Gasteiger partial charge in [-0.25, -0.2) is 4.98 Å². The zero-order valence-corrected chi connectivity index (χ0v) is 14.4. The summed E-state index contributed by atoms with van der Waals surface area (Å²) in [4.78, 5) is 16.1. The Morgan fingerprint density at radius 2 is 1.96 bits per heavy atom. The predicted molar refractivity (Wildman–Crippen MR) is 101 cm³/mol. The van der Waals surface area contributed by atoms with Crippen molar-refractivity contribution in [1.82, 2.24) is 9.55 Å². The van der Waals surface area contributed by atoms with Crippen molar-refractivity contribution in [3.63, 3.8) is 0 Å². The Kier molecular flexibility index (Phi) is 5.09. The summed E-state index contributed by atoms with van der Waals surface area (Å²) in [6, 6.07) is 14.0. The number of rotatable bonds is 5. The first-order valence-corrected chi connectivity index (χ1v) is 8.21. The van der Waals surface area contributed by atoms with Gasteiger partial charge in [0.25, 0.3) is 0 Å². The maximum atomic E-state index is 12.1. The summed E-state index contributed by atoms with van der Waals surface area (Å²) in [7, 11) is 0. The number of carbonyl (C=O) groups is 1. The second-order valence-corrected chi connectivity index (χ2v) is 6.11. The topological polar surface area (TPSA) is 46.9 Å². The van der Waals surface area contributed by atoms with Crippen LogP contribution in [-0.4, -0.2) is 15.5 Å². The van der Waals surface area contributed by atoms with E-state index in [1.54, 1.807) is 18.6 Å². The fourth-order valence-corrected chi connectivity index (χ4v) is 2.65. The van der Waals surface area contributed by atoms with Crippen molar-refractivity contribution < 1.29 is 4.79 Å². The maximum Gasteiger partial charge on any atom is 0.248 e. The van der Waals surface area contributed by atoms with E-state index in [0.29, 0.717) is 0 Å². The number of carbonyl (C=O) groups excluding carboxylic acids is 1. The highest BCUT2D eigenvalue weighted by Gasteiger charge is 2.00. The molecule has 3 aromatic rings. The van der Waals surface area contributed by atoms with E-state index in [1.807, 2.05) is 60.2 Å². The Hall–Kier alpha value is -3.14. The molecule has 1 amide bonds. The molecule has 25 heavy (non-hydrogen) atoms. The van der Waals surface area contributed by atoms with E-state index < -0.39 is 0 Å². The highest BCUT2D eigenvalue weighted by molar-refractivity contribution is 6.02. The molecule has 3 rings (SSSR count). The van der Waals surface area contributed by atoms with Crippen LogP contribution in [0.2, 0.25) is 0 Å². The van der Waals surface area contributed by atoms with Gasteiger partial charge in [-0.1, -0.05) is 35.9 Å². The molecule has 4 heteroatoms. The Morgan fingerprint density at radius 1 is 1.16 bits per heavy atom. The average molecular weight is 331 g/mol. The van der Waals surface area contributed by atoms with Gasteiger partial charge in [-0.3, -0.25) is 4.79 Å². The Bertz CT molecular complexity index is 878. The number of hydrogen-bond donors (Lipinski definition) is 1. The van der Waals surface area contributed by atoms with Crippen molar-refractivity contribution in [2.24, 2.45) is 0 Å². The molecule has 126 valence electrons. The number of aryl methyl sites for hydroxylation is 2. The molecule has 1 heterocycles. The maximum absolute atomic E-state index is 12.1. The van der Waals surface area contributed by atoms with Crippen LogP contribution in [0.25, 0.3) is 6.08 Å². The first kappa shape index (κ1) is 16.7. The van der Waals surface area contributed by atoms with Gasteiger partial charge >= 0.3 is 0 Å². The number of nitrogens with zero attached hydrogens (tertiary/aromatic N) is 2. The van der Waals surface area contributed by atoms with Gasteiger partial charge in [0.2, 0.25) is 5.91 Å². The predicted octanol–water partition coefficient (Wildman–Crippen LogP) is 4.20. The van der Waals surface area contributed by atoms with Gasteiger partial charge in [0, 0.05) is 30.7 Å². The summed E-state index contributed by atoms with van der Waals surface area (Å²) < 4.78 is 2.00. The van der Waals surface area contributed by atoms with Crippen LogP contribution in [0.15, 0.2) is 67.3 Å². The van der Waals surface area contributed by atoms with E-state index in [0.717, 1.165) is 28.9 Å². The normalized spacial score (nSPS) is 11.0. The van der Waals surface area contributed by atoms with E-state index in [-0.39, 0.29) is 5.91 Å².